The topological polar surface area (TPSA) is 75.6 Å². The summed E-state index contributed by atoms with van der Waals surface area (Å²) in [6.45, 7) is 0.162. The highest BCUT2D eigenvalue weighted by Crippen LogP contribution is 2.64. The lowest BCUT2D eigenvalue weighted by Crippen LogP contribution is -2.61. The molecule has 124 valence electrons. The Hall–Kier alpha value is -2.11. The third-order valence-electron chi connectivity index (χ3n) is 4.97. The summed E-state index contributed by atoms with van der Waals surface area (Å²) in [5.74, 6) is -0.936. The van der Waals surface area contributed by atoms with Crippen LogP contribution in [0.25, 0.3) is 0 Å². The summed E-state index contributed by atoms with van der Waals surface area (Å²) in [6, 6.07) is 9.24. The Morgan fingerprint density at radius 3 is 2.48 bits per heavy atom. The molecule has 0 saturated heterocycles. The molecule has 6 heteroatoms. The van der Waals surface area contributed by atoms with Crippen LogP contribution in [-0.4, -0.2) is 29.9 Å². The maximum Gasteiger partial charge on any atom is 0.407 e. The lowest BCUT2D eigenvalue weighted by atomic mass is 9.44. The van der Waals surface area contributed by atoms with Crippen LogP contribution >= 0.6 is 0 Å². The van der Waals surface area contributed by atoms with Crippen molar-refractivity contribution >= 4 is 12.1 Å². The van der Waals surface area contributed by atoms with Crippen LogP contribution in [0.4, 0.5) is 9.18 Å². The van der Waals surface area contributed by atoms with Crippen LogP contribution in [0, 0.1) is 10.8 Å². The molecule has 1 aromatic rings. The number of hydrogen-bond donors (Lipinski definition) is 2. The van der Waals surface area contributed by atoms with Crippen LogP contribution in [0.2, 0.25) is 0 Å². The van der Waals surface area contributed by atoms with E-state index in [1.54, 1.807) is 0 Å². The second-order valence-electron chi connectivity index (χ2n) is 6.86. The summed E-state index contributed by atoms with van der Waals surface area (Å²) in [5, 5.41) is 12.0. The maximum absolute atomic E-state index is 13.0. The highest BCUT2D eigenvalue weighted by Gasteiger charge is 2.63. The van der Waals surface area contributed by atoms with E-state index in [0.717, 1.165) is 5.56 Å². The Bertz CT molecular complexity index is 590. The van der Waals surface area contributed by atoms with Gasteiger partial charge in [0.15, 0.2) is 0 Å². The number of alkyl carbamates (subject to hydrolysis) is 1. The first-order valence-corrected chi connectivity index (χ1v) is 7.75. The minimum absolute atomic E-state index is 0.0225. The molecule has 0 radical (unpaired) electrons. The Morgan fingerprint density at radius 1 is 1.26 bits per heavy atom. The van der Waals surface area contributed by atoms with Crippen LogP contribution < -0.4 is 5.32 Å². The van der Waals surface area contributed by atoms with Crippen molar-refractivity contribution in [3.05, 3.63) is 35.9 Å². The maximum atomic E-state index is 13.0. The van der Waals surface area contributed by atoms with Crippen LogP contribution in [0.15, 0.2) is 30.3 Å². The first-order valence-electron chi connectivity index (χ1n) is 7.75. The van der Waals surface area contributed by atoms with Crippen molar-refractivity contribution in [2.75, 3.05) is 6.54 Å². The number of nitrogens with one attached hydrogen (secondary N) is 1. The number of halogens is 1. The number of carboxylic acids is 1. The van der Waals surface area contributed by atoms with Gasteiger partial charge in [-0.3, -0.25) is 4.79 Å². The predicted octanol–water partition coefficient (Wildman–Crippen LogP) is 2.90. The van der Waals surface area contributed by atoms with Gasteiger partial charge in [-0.2, -0.15) is 0 Å². The minimum Gasteiger partial charge on any atom is -0.481 e. The normalized spacial score (nSPS) is 31.8. The van der Waals surface area contributed by atoms with Gasteiger partial charge in [0.2, 0.25) is 0 Å². The van der Waals surface area contributed by atoms with E-state index in [1.807, 2.05) is 30.3 Å². The van der Waals surface area contributed by atoms with Crippen molar-refractivity contribution in [1.29, 1.82) is 0 Å². The summed E-state index contributed by atoms with van der Waals surface area (Å²) >= 11 is 0. The third-order valence-corrected chi connectivity index (χ3v) is 4.97. The number of hydrogen-bond acceptors (Lipinski definition) is 3. The number of benzene rings is 1. The van der Waals surface area contributed by atoms with Gasteiger partial charge in [-0.05, 0) is 36.7 Å². The fourth-order valence-corrected chi connectivity index (χ4v) is 3.92. The molecule has 0 unspecified atom stereocenters. The molecule has 2 fully saturated rings. The molecular formula is C17H20FNO4. The highest BCUT2D eigenvalue weighted by atomic mass is 19.1. The molecule has 3 rings (SSSR count). The number of carbonyl (C=O) groups is 2. The number of ether oxygens (including phenoxy) is 1. The molecule has 2 saturated carbocycles. The SMILES string of the molecule is O=C(NCC1(C(=O)O)CC2(CC(F)C2)C1)OCc1ccccc1. The van der Waals surface area contributed by atoms with Crippen LogP contribution in [0.3, 0.4) is 0 Å². The summed E-state index contributed by atoms with van der Waals surface area (Å²) in [6.07, 6.45) is 0.308. The van der Waals surface area contributed by atoms with Gasteiger partial charge in [0, 0.05) is 6.54 Å². The lowest BCUT2D eigenvalue weighted by Gasteiger charge is -2.60. The van der Waals surface area contributed by atoms with Crippen molar-refractivity contribution in [2.45, 2.75) is 38.5 Å². The molecule has 23 heavy (non-hydrogen) atoms. The Morgan fingerprint density at radius 2 is 1.91 bits per heavy atom. The summed E-state index contributed by atoms with van der Waals surface area (Å²) in [4.78, 5) is 23.3. The number of alkyl halides is 1. The Kier molecular flexibility index (Phi) is 4.00. The number of rotatable bonds is 5. The second-order valence-corrected chi connectivity index (χ2v) is 6.86. The summed E-state index contributed by atoms with van der Waals surface area (Å²) in [5.41, 5.74) is -0.277. The van der Waals surface area contributed by atoms with Crippen LogP contribution in [0.5, 0.6) is 0 Å². The van der Waals surface area contributed by atoms with Gasteiger partial charge in [0.1, 0.15) is 12.8 Å². The summed E-state index contributed by atoms with van der Waals surface area (Å²) in [7, 11) is 0. The molecule has 0 bridgehead atoms. The minimum atomic E-state index is -0.980. The van der Waals surface area contributed by atoms with E-state index in [1.165, 1.54) is 0 Å². The van der Waals surface area contributed by atoms with E-state index < -0.39 is 23.6 Å². The van der Waals surface area contributed by atoms with Gasteiger partial charge in [-0.15, -0.1) is 0 Å². The van der Waals surface area contributed by atoms with Crippen molar-refractivity contribution in [1.82, 2.24) is 5.32 Å². The van der Waals surface area contributed by atoms with Crippen molar-refractivity contribution in [3.8, 4) is 0 Å². The van der Waals surface area contributed by atoms with Gasteiger partial charge in [-0.1, -0.05) is 30.3 Å². The largest absolute Gasteiger partial charge is 0.481 e. The first kappa shape index (κ1) is 15.8. The van der Waals surface area contributed by atoms with E-state index in [9.17, 15) is 19.1 Å². The third kappa shape index (κ3) is 3.16. The molecule has 5 nitrogen and oxygen atoms in total. The van der Waals surface area contributed by atoms with E-state index in [0.29, 0.717) is 25.7 Å². The van der Waals surface area contributed by atoms with E-state index in [-0.39, 0.29) is 18.6 Å². The molecule has 0 aliphatic heterocycles. The molecule has 0 aromatic heterocycles. The average molecular weight is 321 g/mol. The quantitative estimate of drug-likeness (QED) is 0.874. The molecule has 2 aliphatic rings. The van der Waals surface area contributed by atoms with E-state index in [4.69, 9.17) is 4.74 Å². The van der Waals surface area contributed by atoms with Crippen LogP contribution in [-0.2, 0) is 16.1 Å². The molecule has 2 N–H and O–H groups in total. The highest BCUT2D eigenvalue weighted by molar-refractivity contribution is 5.78. The number of carbonyl (C=O) groups excluding carboxylic acids is 1. The Labute approximate surface area is 133 Å². The summed E-state index contributed by atoms with van der Waals surface area (Å²) < 4.78 is 18.1. The number of carboxylic acid groups (broad SMARTS) is 1. The number of aliphatic carboxylic acids is 1. The zero-order valence-electron chi connectivity index (χ0n) is 12.8. The monoisotopic (exact) mass is 321 g/mol. The van der Waals surface area contributed by atoms with Gasteiger partial charge in [0.25, 0.3) is 0 Å². The fourth-order valence-electron chi connectivity index (χ4n) is 3.92. The average Bonchev–Trinajstić information content (AvgIpc) is 2.46. The zero-order valence-corrected chi connectivity index (χ0v) is 12.8. The van der Waals surface area contributed by atoms with Crippen molar-refractivity contribution < 1.29 is 23.8 Å². The fraction of sp³-hybridized carbons (Fsp3) is 0.529. The molecule has 0 heterocycles. The predicted molar refractivity (Wildman–Crippen MR) is 80.5 cm³/mol. The number of amides is 1. The molecule has 0 atom stereocenters. The van der Waals surface area contributed by atoms with Gasteiger partial charge < -0.3 is 15.2 Å². The van der Waals surface area contributed by atoms with E-state index in [2.05, 4.69) is 5.32 Å². The van der Waals surface area contributed by atoms with Gasteiger partial charge in [-0.25, -0.2) is 9.18 Å². The lowest BCUT2D eigenvalue weighted by molar-refractivity contribution is -0.181. The molecule has 1 spiro atoms. The first-order chi connectivity index (χ1) is 10.9. The second kappa shape index (κ2) is 5.83. The molecule has 1 aromatic carbocycles. The molecule has 1 amide bonds. The zero-order chi connectivity index (χ0) is 16.5. The van der Waals surface area contributed by atoms with Crippen LogP contribution in [0.1, 0.15) is 31.2 Å². The van der Waals surface area contributed by atoms with Gasteiger partial charge in [0.05, 0.1) is 5.41 Å². The Balaban J connectivity index is 1.46. The van der Waals surface area contributed by atoms with Gasteiger partial charge >= 0.3 is 12.1 Å². The van der Waals surface area contributed by atoms with Crippen molar-refractivity contribution in [2.24, 2.45) is 10.8 Å². The molecule has 2 aliphatic carbocycles. The standard InChI is InChI=1S/C17H20FNO4/c18-13-6-16(7-13)9-17(10-16,14(20)21)11-19-15(22)23-8-12-4-2-1-3-5-12/h1-5,13H,6-11H2,(H,19,22)(H,20,21). The van der Waals surface area contributed by atoms with Crippen molar-refractivity contribution in [3.63, 3.8) is 0 Å². The molecular weight excluding hydrogens is 301 g/mol. The van der Waals surface area contributed by atoms with E-state index >= 15 is 0 Å². The smallest absolute Gasteiger partial charge is 0.407 e.